The molecule has 0 spiro atoms. The normalized spacial score (nSPS) is 17.5. The molecule has 1 fully saturated rings. The third-order valence-corrected chi connectivity index (χ3v) is 3.66. The summed E-state index contributed by atoms with van der Waals surface area (Å²) in [5, 5.41) is 16.3. The fourth-order valence-electron chi connectivity index (χ4n) is 2.22. The second-order valence-corrected chi connectivity index (χ2v) is 5.19. The molecule has 2 N–H and O–H groups in total. The summed E-state index contributed by atoms with van der Waals surface area (Å²) in [5.74, 6) is -1.14. The van der Waals surface area contributed by atoms with Gasteiger partial charge in [-0.05, 0) is 32.0 Å². The third kappa shape index (κ3) is 2.93. The number of nitrogens with zero attached hydrogens (tertiary/aromatic N) is 1. The van der Waals surface area contributed by atoms with E-state index < -0.39 is 21.8 Å². The van der Waals surface area contributed by atoms with Crippen molar-refractivity contribution in [2.24, 2.45) is 5.41 Å². The summed E-state index contributed by atoms with van der Waals surface area (Å²) in [6, 6.07) is 3.36. The fourth-order valence-corrected chi connectivity index (χ4v) is 2.22. The Kier molecular flexibility index (Phi) is 3.99. The van der Waals surface area contributed by atoms with Crippen molar-refractivity contribution < 1.29 is 14.1 Å². The number of carbonyl (C=O) groups is 1. The molecule has 1 saturated heterocycles. The van der Waals surface area contributed by atoms with Gasteiger partial charge in [-0.25, -0.2) is 0 Å². The highest BCUT2D eigenvalue weighted by molar-refractivity contribution is 5.95. The number of hydrogen-bond acceptors (Lipinski definition) is 4. The molecule has 0 unspecified atom stereocenters. The lowest BCUT2D eigenvalue weighted by molar-refractivity contribution is -0.387. The Morgan fingerprint density at radius 2 is 2.10 bits per heavy atom. The average Bonchev–Trinajstić information content (AvgIpc) is 2.39. The number of nitro benzene ring substituents is 1. The molecule has 0 aliphatic carbocycles. The summed E-state index contributed by atoms with van der Waals surface area (Å²) >= 11 is 0. The molecule has 1 amide bonds. The number of anilines is 1. The van der Waals surface area contributed by atoms with Crippen LogP contribution in [0, 0.1) is 21.3 Å². The minimum atomic E-state index is -0.955. The summed E-state index contributed by atoms with van der Waals surface area (Å²) in [6.45, 7) is 3.39. The highest BCUT2D eigenvalue weighted by Crippen LogP contribution is 2.30. The smallest absolute Gasteiger partial charge is 0.304 e. The van der Waals surface area contributed by atoms with Crippen molar-refractivity contribution in [3.63, 3.8) is 0 Å². The van der Waals surface area contributed by atoms with Gasteiger partial charge in [-0.3, -0.25) is 14.9 Å². The lowest BCUT2D eigenvalue weighted by Gasteiger charge is -2.32. The number of carbonyl (C=O) groups excluding carboxylic acids is 1. The molecule has 1 heterocycles. The van der Waals surface area contributed by atoms with Gasteiger partial charge in [0.25, 0.3) is 0 Å². The zero-order valence-corrected chi connectivity index (χ0v) is 11.1. The average molecular weight is 281 g/mol. The topological polar surface area (TPSA) is 84.3 Å². The molecule has 1 aliphatic heterocycles. The zero-order valence-electron chi connectivity index (χ0n) is 11.1. The van der Waals surface area contributed by atoms with Crippen LogP contribution >= 0.6 is 0 Å². The van der Waals surface area contributed by atoms with Gasteiger partial charge in [-0.15, -0.1) is 0 Å². The molecule has 0 aromatic heterocycles. The van der Waals surface area contributed by atoms with Crippen molar-refractivity contribution in [3.05, 3.63) is 34.1 Å². The molecule has 108 valence electrons. The second kappa shape index (κ2) is 5.54. The van der Waals surface area contributed by atoms with E-state index in [1.54, 1.807) is 0 Å². The number of halogens is 1. The van der Waals surface area contributed by atoms with Gasteiger partial charge in [0, 0.05) is 23.2 Å². The van der Waals surface area contributed by atoms with E-state index >= 15 is 0 Å². The minimum Gasteiger partial charge on any atom is -0.326 e. The first-order valence-electron chi connectivity index (χ1n) is 6.38. The Morgan fingerprint density at radius 1 is 1.45 bits per heavy atom. The molecule has 1 aromatic rings. The first-order valence-corrected chi connectivity index (χ1v) is 6.38. The molecule has 20 heavy (non-hydrogen) atoms. The minimum absolute atomic E-state index is 0.188. The standard InChI is InChI=1S/C13H16FN3O3/c1-13(4-6-15-7-5-13)12(18)16-9-2-3-11(17(19)20)10(14)8-9/h2-3,8,15H,4-7H2,1H3,(H,16,18). The number of nitrogens with one attached hydrogen (secondary N) is 2. The maximum atomic E-state index is 13.5. The fraction of sp³-hybridized carbons (Fsp3) is 0.462. The van der Waals surface area contributed by atoms with Crippen LogP contribution < -0.4 is 10.6 Å². The van der Waals surface area contributed by atoms with Gasteiger partial charge >= 0.3 is 5.69 Å². The molecule has 7 heteroatoms. The molecular formula is C13H16FN3O3. The Bertz CT molecular complexity index is 542. The van der Waals surface area contributed by atoms with Crippen LogP contribution in [0.2, 0.25) is 0 Å². The van der Waals surface area contributed by atoms with Crippen molar-refractivity contribution in [3.8, 4) is 0 Å². The summed E-state index contributed by atoms with van der Waals surface area (Å²) in [4.78, 5) is 22.0. The second-order valence-electron chi connectivity index (χ2n) is 5.19. The van der Waals surface area contributed by atoms with Crippen LogP contribution in [0.25, 0.3) is 0 Å². The largest absolute Gasteiger partial charge is 0.326 e. The van der Waals surface area contributed by atoms with Crippen LogP contribution in [0.15, 0.2) is 18.2 Å². The molecule has 0 bridgehead atoms. The Balaban J connectivity index is 2.12. The maximum Gasteiger partial charge on any atom is 0.304 e. The van der Waals surface area contributed by atoms with E-state index in [9.17, 15) is 19.3 Å². The lowest BCUT2D eigenvalue weighted by Crippen LogP contribution is -2.42. The highest BCUT2D eigenvalue weighted by atomic mass is 19.1. The van der Waals surface area contributed by atoms with Crippen LogP contribution in [-0.2, 0) is 4.79 Å². The highest BCUT2D eigenvalue weighted by Gasteiger charge is 2.34. The number of benzene rings is 1. The third-order valence-electron chi connectivity index (χ3n) is 3.66. The van der Waals surface area contributed by atoms with E-state index in [0.29, 0.717) is 12.8 Å². The summed E-state index contributed by atoms with van der Waals surface area (Å²) in [7, 11) is 0. The molecule has 1 aliphatic rings. The number of piperidine rings is 1. The SMILES string of the molecule is CC1(C(=O)Nc2ccc([N+](=O)[O-])c(F)c2)CCNCC1. The monoisotopic (exact) mass is 281 g/mol. The van der Waals surface area contributed by atoms with Crippen molar-refractivity contribution in [1.29, 1.82) is 0 Å². The Labute approximate surface area is 115 Å². The van der Waals surface area contributed by atoms with Gasteiger partial charge in [0.15, 0.2) is 0 Å². The van der Waals surface area contributed by atoms with Gasteiger partial charge in [0.05, 0.1) is 4.92 Å². The quantitative estimate of drug-likeness (QED) is 0.656. The van der Waals surface area contributed by atoms with Gasteiger partial charge < -0.3 is 10.6 Å². The number of rotatable bonds is 3. The van der Waals surface area contributed by atoms with Gasteiger partial charge in [-0.1, -0.05) is 6.92 Å². The number of nitro groups is 1. The van der Waals surface area contributed by atoms with E-state index in [4.69, 9.17) is 0 Å². The molecule has 0 radical (unpaired) electrons. The van der Waals surface area contributed by atoms with E-state index in [1.807, 2.05) is 6.92 Å². The number of amides is 1. The van der Waals surface area contributed by atoms with Crippen molar-refractivity contribution in [2.75, 3.05) is 18.4 Å². The molecule has 2 rings (SSSR count). The van der Waals surface area contributed by atoms with Gasteiger partial charge in [0.1, 0.15) is 0 Å². The van der Waals surface area contributed by atoms with Crippen molar-refractivity contribution in [2.45, 2.75) is 19.8 Å². The Morgan fingerprint density at radius 3 is 2.65 bits per heavy atom. The van der Waals surface area contributed by atoms with E-state index in [-0.39, 0.29) is 11.6 Å². The molecule has 1 aromatic carbocycles. The van der Waals surface area contributed by atoms with Gasteiger partial charge in [-0.2, -0.15) is 4.39 Å². The lowest BCUT2D eigenvalue weighted by atomic mass is 9.80. The maximum absolute atomic E-state index is 13.5. The van der Waals surface area contributed by atoms with E-state index in [1.165, 1.54) is 6.07 Å². The predicted molar refractivity (Wildman–Crippen MR) is 71.9 cm³/mol. The van der Waals surface area contributed by atoms with Crippen LogP contribution in [0.5, 0.6) is 0 Å². The molecule has 0 atom stereocenters. The first kappa shape index (κ1) is 14.4. The molecular weight excluding hydrogens is 265 g/mol. The molecule has 6 nitrogen and oxygen atoms in total. The number of hydrogen-bond donors (Lipinski definition) is 2. The van der Waals surface area contributed by atoms with E-state index in [0.717, 1.165) is 25.2 Å². The summed E-state index contributed by atoms with van der Waals surface area (Å²) in [6.07, 6.45) is 1.41. The van der Waals surface area contributed by atoms with Gasteiger partial charge in [0.2, 0.25) is 11.7 Å². The van der Waals surface area contributed by atoms with Crippen LogP contribution in [0.4, 0.5) is 15.8 Å². The Hall–Kier alpha value is -2.02. The predicted octanol–water partition coefficient (Wildman–Crippen LogP) is 2.06. The summed E-state index contributed by atoms with van der Waals surface area (Å²) in [5.41, 5.74) is -0.863. The van der Waals surface area contributed by atoms with Crippen LogP contribution in [0.3, 0.4) is 0 Å². The zero-order chi connectivity index (χ0) is 14.8. The van der Waals surface area contributed by atoms with Crippen LogP contribution in [0.1, 0.15) is 19.8 Å². The van der Waals surface area contributed by atoms with Crippen LogP contribution in [-0.4, -0.2) is 23.9 Å². The van der Waals surface area contributed by atoms with Crippen molar-refractivity contribution >= 4 is 17.3 Å². The summed E-state index contributed by atoms with van der Waals surface area (Å²) < 4.78 is 13.5. The molecule has 0 saturated carbocycles. The van der Waals surface area contributed by atoms with Crippen molar-refractivity contribution in [1.82, 2.24) is 5.32 Å². The first-order chi connectivity index (χ1) is 9.42. The van der Waals surface area contributed by atoms with E-state index in [2.05, 4.69) is 10.6 Å².